The summed E-state index contributed by atoms with van der Waals surface area (Å²) in [5.41, 5.74) is 1.78. The molecule has 1 atom stereocenters. The number of para-hydroxylation sites is 1. The first-order chi connectivity index (χ1) is 9.21. The number of benzene rings is 1. The molecule has 0 radical (unpaired) electrons. The Morgan fingerprint density at radius 2 is 2.26 bits per heavy atom. The average molecular weight is 301 g/mol. The highest BCUT2D eigenvalue weighted by Gasteiger charge is 2.13. The molecule has 1 aromatic heterocycles. The molecule has 0 aliphatic carbocycles. The number of rotatable bonds is 6. The monoisotopic (exact) mass is 300 g/mol. The lowest BCUT2D eigenvalue weighted by molar-refractivity contribution is 0.419. The molecule has 0 saturated carbocycles. The Labute approximate surface area is 120 Å². The summed E-state index contributed by atoms with van der Waals surface area (Å²) >= 11 is 5.95. The molecule has 19 heavy (non-hydrogen) atoms. The number of hydrogen-bond donors (Lipinski definition) is 0. The molecule has 0 amide bonds. The average Bonchev–Trinajstić information content (AvgIpc) is 2.82. The SMILES string of the molecule is CCS(=O)CCn1c(CCl)nc2c(OC)cccc21. The summed E-state index contributed by atoms with van der Waals surface area (Å²) in [6.45, 7) is 2.58. The molecule has 0 N–H and O–H groups in total. The molecule has 0 spiro atoms. The Morgan fingerprint density at radius 3 is 2.89 bits per heavy atom. The van der Waals surface area contributed by atoms with E-state index in [1.807, 2.05) is 29.7 Å². The Balaban J connectivity index is 2.43. The van der Waals surface area contributed by atoms with Gasteiger partial charge in [-0.1, -0.05) is 13.0 Å². The van der Waals surface area contributed by atoms with Gasteiger partial charge in [-0.05, 0) is 12.1 Å². The third-order valence-electron chi connectivity index (χ3n) is 3.02. The first-order valence-corrected chi connectivity index (χ1v) is 8.16. The molecule has 0 aliphatic heterocycles. The van der Waals surface area contributed by atoms with Crippen LogP contribution in [0.25, 0.3) is 11.0 Å². The van der Waals surface area contributed by atoms with E-state index >= 15 is 0 Å². The van der Waals surface area contributed by atoms with E-state index in [-0.39, 0.29) is 0 Å². The highest BCUT2D eigenvalue weighted by molar-refractivity contribution is 7.84. The van der Waals surface area contributed by atoms with Crippen molar-refractivity contribution in [1.82, 2.24) is 9.55 Å². The smallest absolute Gasteiger partial charge is 0.146 e. The zero-order valence-corrected chi connectivity index (χ0v) is 12.6. The molecule has 2 aromatic rings. The minimum Gasteiger partial charge on any atom is -0.494 e. The number of methoxy groups -OCH3 is 1. The van der Waals surface area contributed by atoms with Gasteiger partial charge in [0.2, 0.25) is 0 Å². The van der Waals surface area contributed by atoms with E-state index in [9.17, 15) is 4.21 Å². The van der Waals surface area contributed by atoms with Crippen molar-refractivity contribution in [2.24, 2.45) is 0 Å². The number of ether oxygens (including phenoxy) is 1. The molecule has 1 unspecified atom stereocenters. The zero-order valence-electron chi connectivity index (χ0n) is 11.1. The summed E-state index contributed by atoms with van der Waals surface area (Å²) in [5.74, 6) is 3.14. The van der Waals surface area contributed by atoms with Crippen molar-refractivity contribution in [2.75, 3.05) is 18.6 Å². The Kier molecular flexibility index (Phi) is 4.82. The number of imidazole rings is 1. The van der Waals surface area contributed by atoms with Crippen LogP contribution in [0.3, 0.4) is 0 Å². The second kappa shape index (κ2) is 6.39. The van der Waals surface area contributed by atoms with Crippen LogP contribution in [-0.4, -0.2) is 32.4 Å². The van der Waals surface area contributed by atoms with Gasteiger partial charge in [0.15, 0.2) is 0 Å². The fourth-order valence-electron chi connectivity index (χ4n) is 2.02. The number of nitrogens with zero attached hydrogens (tertiary/aromatic N) is 2. The van der Waals surface area contributed by atoms with Gasteiger partial charge in [-0.3, -0.25) is 4.21 Å². The minimum absolute atomic E-state index is 0.330. The summed E-state index contributed by atoms with van der Waals surface area (Å²) < 4.78 is 18.9. The van der Waals surface area contributed by atoms with Crippen molar-refractivity contribution in [3.63, 3.8) is 0 Å². The van der Waals surface area contributed by atoms with Crippen LogP contribution in [0.4, 0.5) is 0 Å². The second-order valence-corrected chi connectivity index (χ2v) is 6.21. The van der Waals surface area contributed by atoms with Gasteiger partial charge >= 0.3 is 0 Å². The highest BCUT2D eigenvalue weighted by atomic mass is 35.5. The topological polar surface area (TPSA) is 44.1 Å². The van der Waals surface area contributed by atoms with Crippen LogP contribution >= 0.6 is 11.6 Å². The van der Waals surface area contributed by atoms with Crippen LogP contribution in [0.1, 0.15) is 12.7 Å². The van der Waals surface area contributed by atoms with Crippen molar-refractivity contribution in [3.05, 3.63) is 24.0 Å². The molecule has 0 fully saturated rings. The third-order valence-corrected chi connectivity index (χ3v) is 4.55. The number of hydrogen-bond acceptors (Lipinski definition) is 3. The van der Waals surface area contributed by atoms with Crippen LogP contribution in [-0.2, 0) is 23.2 Å². The van der Waals surface area contributed by atoms with Crippen LogP contribution in [0.2, 0.25) is 0 Å². The first-order valence-electron chi connectivity index (χ1n) is 6.14. The molecular formula is C13H17ClN2O2S. The molecule has 0 saturated heterocycles. The maximum Gasteiger partial charge on any atom is 0.146 e. The van der Waals surface area contributed by atoms with Gasteiger partial charge in [-0.25, -0.2) is 4.98 Å². The van der Waals surface area contributed by atoms with E-state index < -0.39 is 10.8 Å². The molecule has 1 aromatic carbocycles. The van der Waals surface area contributed by atoms with E-state index in [2.05, 4.69) is 4.98 Å². The molecule has 4 nitrogen and oxygen atoms in total. The lowest BCUT2D eigenvalue weighted by Crippen LogP contribution is -2.11. The standard InChI is InChI=1S/C13H17ClN2O2S/c1-3-19(17)8-7-16-10-5-4-6-11(18-2)13(10)15-12(16)9-14/h4-6H,3,7-9H2,1-2H3. The van der Waals surface area contributed by atoms with Gasteiger partial charge in [0.1, 0.15) is 17.1 Å². The summed E-state index contributed by atoms with van der Waals surface area (Å²) in [4.78, 5) is 4.51. The van der Waals surface area contributed by atoms with E-state index in [0.29, 0.717) is 23.9 Å². The fourth-order valence-corrected chi connectivity index (χ4v) is 2.90. The van der Waals surface area contributed by atoms with E-state index in [1.54, 1.807) is 7.11 Å². The van der Waals surface area contributed by atoms with Crippen molar-refractivity contribution < 1.29 is 8.95 Å². The second-order valence-electron chi connectivity index (χ2n) is 4.07. The summed E-state index contributed by atoms with van der Waals surface area (Å²) in [6, 6.07) is 5.78. The van der Waals surface area contributed by atoms with Crippen molar-refractivity contribution in [1.29, 1.82) is 0 Å². The van der Waals surface area contributed by atoms with Crippen LogP contribution in [0, 0.1) is 0 Å². The van der Waals surface area contributed by atoms with E-state index in [1.165, 1.54) is 0 Å². The van der Waals surface area contributed by atoms with Crippen molar-refractivity contribution >= 4 is 33.4 Å². The van der Waals surface area contributed by atoms with Crippen LogP contribution in [0.5, 0.6) is 5.75 Å². The maximum absolute atomic E-state index is 11.6. The predicted octanol–water partition coefficient (Wildman–Crippen LogP) is 2.55. The number of fused-ring (bicyclic) bond motifs is 1. The minimum atomic E-state index is -0.795. The van der Waals surface area contributed by atoms with Crippen molar-refractivity contribution in [3.8, 4) is 5.75 Å². The number of aromatic nitrogens is 2. The van der Waals surface area contributed by atoms with Gasteiger partial charge in [-0.15, -0.1) is 11.6 Å². The Morgan fingerprint density at radius 1 is 1.47 bits per heavy atom. The maximum atomic E-state index is 11.6. The number of aryl methyl sites for hydroxylation is 1. The van der Waals surface area contributed by atoms with Crippen LogP contribution in [0.15, 0.2) is 18.2 Å². The quantitative estimate of drug-likeness (QED) is 0.770. The predicted molar refractivity (Wildman–Crippen MR) is 79.4 cm³/mol. The third kappa shape index (κ3) is 2.92. The molecule has 6 heteroatoms. The molecular weight excluding hydrogens is 284 g/mol. The van der Waals surface area contributed by atoms with E-state index in [4.69, 9.17) is 16.3 Å². The number of alkyl halides is 1. The summed E-state index contributed by atoms with van der Waals surface area (Å²) in [6.07, 6.45) is 0. The van der Waals surface area contributed by atoms with Crippen molar-refractivity contribution in [2.45, 2.75) is 19.3 Å². The lowest BCUT2D eigenvalue weighted by Gasteiger charge is -2.07. The number of halogens is 1. The molecule has 0 aliphatic rings. The molecule has 1 heterocycles. The molecule has 2 rings (SSSR count). The van der Waals surface area contributed by atoms with Gasteiger partial charge < -0.3 is 9.30 Å². The first kappa shape index (κ1) is 14.3. The Bertz CT molecular complexity index is 598. The normalized spacial score (nSPS) is 12.8. The van der Waals surface area contributed by atoms with Gasteiger partial charge in [0.25, 0.3) is 0 Å². The van der Waals surface area contributed by atoms with Gasteiger partial charge in [0.05, 0.1) is 18.5 Å². The van der Waals surface area contributed by atoms with Gasteiger partial charge in [-0.2, -0.15) is 0 Å². The largest absolute Gasteiger partial charge is 0.494 e. The van der Waals surface area contributed by atoms with Crippen LogP contribution < -0.4 is 4.74 Å². The fraction of sp³-hybridized carbons (Fsp3) is 0.462. The Hall–Kier alpha value is -1.07. The van der Waals surface area contributed by atoms with Gasteiger partial charge in [0, 0.05) is 28.9 Å². The highest BCUT2D eigenvalue weighted by Crippen LogP contribution is 2.26. The molecule has 0 bridgehead atoms. The summed E-state index contributed by atoms with van der Waals surface area (Å²) in [7, 11) is 0.830. The molecule has 104 valence electrons. The van der Waals surface area contributed by atoms with E-state index in [0.717, 1.165) is 22.6 Å². The lowest BCUT2D eigenvalue weighted by atomic mass is 10.3. The zero-order chi connectivity index (χ0) is 13.8. The summed E-state index contributed by atoms with van der Waals surface area (Å²) in [5, 5.41) is 0.